The summed E-state index contributed by atoms with van der Waals surface area (Å²) in [5.74, 6) is -1.22. The molecule has 2 aromatic carbocycles. The first-order valence-corrected chi connectivity index (χ1v) is 10.7. The van der Waals surface area contributed by atoms with Crippen molar-refractivity contribution >= 4 is 11.6 Å². The Bertz CT molecular complexity index is 901. The first-order valence-electron chi connectivity index (χ1n) is 10.3. The Labute approximate surface area is 191 Å². The van der Waals surface area contributed by atoms with E-state index in [2.05, 4.69) is 0 Å². The van der Waals surface area contributed by atoms with Gasteiger partial charge in [0.25, 0.3) is 0 Å². The highest BCUT2D eigenvalue weighted by atomic mass is 35.5. The molecule has 9 heteroatoms. The quantitative estimate of drug-likeness (QED) is 0.387. The van der Waals surface area contributed by atoms with Crippen LogP contribution < -0.4 is 4.74 Å². The maximum Gasteiger partial charge on any atom is 0.225 e. The van der Waals surface area contributed by atoms with Gasteiger partial charge in [-0.25, -0.2) is 0 Å². The van der Waals surface area contributed by atoms with Crippen LogP contribution in [-0.2, 0) is 21.7 Å². The van der Waals surface area contributed by atoms with Crippen LogP contribution in [0, 0.1) is 0 Å². The highest BCUT2D eigenvalue weighted by Gasteiger charge is 2.61. The fraction of sp³-hybridized carbons (Fsp3) is 0.478. The van der Waals surface area contributed by atoms with E-state index in [1.165, 1.54) is 7.11 Å². The molecule has 4 atom stereocenters. The van der Waals surface area contributed by atoms with Crippen LogP contribution >= 0.6 is 11.6 Å². The Kier molecular flexibility index (Phi) is 7.80. The minimum atomic E-state index is -1.97. The lowest BCUT2D eigenvalue weighted by Crippen LogP contribution is -2.71. The summed E-state index contributed by atoms with van der Waals surface area (Å²) < 4.78 is 16.8. The lowest BCUT2D eigenvalue weighted by Gasteiger charge is -2.52. The van der Waals surface area contributed by atoms with Crippen molar-refractivity contribution in [1.29, 1.82) is 0 Å². The number of halogens is 1. The zero-order valence-corrected chi connectivity index (χ0v) is 18.7. The van der Waals surface area contributed by atoms with E-state index in [1.54, 1.807) is 18.2 Å². The molecular weight excluding hydrogens is 440 g/mol. The summed E-state index contributed by atoms with van der Waals surface area (Å²) in [6.45, 7) is 0.849. The smallest absolute Gasteiger partial charge is 0.225 e. The third kappa shape index (κ3) is 4.37. The molecule has 0 spiro atoms. The van der Waals surface area contributed by atoms with Crippen LogP contribution in [0.4, 0.5) is 0 Å². The number of aliphatic hydroxyl groups is 5. The van der Waals surface area contributed by atoms with Crippen LogP contribution in [-0.4, -0.2) is 76.4 Å². The van der Waals surface area contributed by atoms with E-state index >= 15 is 0 Å². The van der Waals surface area contributed by atoms with Gasteiger partial charge in [0.15, 0.2) is 0 Å². The molecule has 1 aliphatic rings. The van der Waals surface area contributed by atoms with Gasteiger partial charge in [-0.05, 0) is 48.7 Å². The molecule has 4 unspecified atom stereocenters. The molecule has 8 nitrogen and oxygen atoms in total. The first-order chi connectivity index (χ1) is 15.3. The Morgan fingerprint density at radius 2 is 1.66 bits per heavy atom. The number of hydrogen-bond donors (Lipinski definition) is 5. The molecule has 1 heterocycles. The lowest BCUT2D eigenvalue weighted by molar-refractivity contribution is -0.401. The number of hydrogen-bond acceptors (Lipinski definition) is 8. The van der Waals surface area contributed by atoms with Gasteiger partial charge in [0.1, 0.15) is 29.7 Å². The fourth-order valence-electron chi connectivity index (χ4n) is 3.96. The third-order valence-corrected chi connectivity index (χ3v) is 6.21. The maximum absolute atomic E-state index is 10.8. The van der Waals surface area contributed by atoms with Crippen molar-refractivity contribution in [3.05, 3.63) is 64.2 Å². The summed E-state index contributed by atoms with van der Waals surface area (Å²) in [6.07, 6.45) is -4.77. The van der Waals surface area contributed by atoms with Gasteiger partial charge in [-0.1, -0.05) is 29.8 Å². The highest BCUT2D eigenvalue weighted by Crippen LogP contribution is 2.44. The molecule has 3 rings (SSSR count). The average molecular weight is 469 g/mol. The molecule has 0 bridgehead atoms. The summed E-state index contributed by atoms with van der Waals surface area (Å²) >= 11 is 6.42. The minimum Gasteiger partial charge on any atom is -0.494 e. The number of rotatable bonds is 8. The molecule has 1 aliphatic heterocycles. The molecule has 0 aromatic heterocycles. The molecule has 1 saturated heterocycles. The van der Waals surface area contributed by atoms with Gasteiger partial charge in [0.05, 0.1) is 19.8 Å². The monoisotopic (exact) mass is 468 g/mol. The van der Waals surface area contributed by atoms with Crippen LogP contribution in [0.25, 0.3) is 0 Å². The number of aliphatic hydroxyl groups excluding tert-OH is 5. The normalized spacial score (nSPS) is 27.3. The van der Waals surface area contributed by atoms with Crippen molar-refractivity contribution in [3.8, 4) is 5.75 Å². The van der Waals surface area contributed by atoms with Crippen LogP contribution in [0.3, 0.4) is 0 Å². The Hall–Kier alpha value is -1.75. The Morgan fingerprint density at radius 1 is 1.00 bits per heavy atom. The number of benzene rings is 2. The van der Waals surface area contributed by atoms with Crippen molar-refractivity contribution in [3.63, 3.8) is 0 Å². The maximum atomic E-state index is 10.8. The zero-order chi connectivity index (χ0) is 23.5. The van der Waals surface area contributed by atoms with Crippen molar-refractivity contribution < 1.29 is 39.7 Å². The van der Waals surface area contributed by atoms with Gasteiger partial charge < -0.3 is 39.7 Å². The van der Waals surface area contributed by atoms with Crippen molar-refractivity contribution in [2.45, 2.75) is 43.0 Å². The predicted octanol–water partition coefficient (Wildman–Crippen LogP) is 0.965. The average Bonchev–Trinajstić information content (AvgIpc) is 2.81. The van der Waals surface area contributed by atoms with E-state index in [0.29, 0.717) is 29.2 Å². The van der Waals surface area contributed by atoms with Crippen LogP contribution in [0.15, 0.2) is 42.5 Å². The topological polar surface area (TPSA) is 129 Å². The van der Waals surface area contributed by atoms with Gasteiger partial charge in [0, 0.05) is 17.7 Å². The molecule has 2 aromatic rings. The molecule has 0 radical (unpaired) electrons. The second-order valence-corrected chi connectivity index (χ2v) is 8.20. The molecule has 5 N–H and O–H groups in total. The largest absolute Gasteiger partial charge is 0.494 e. The van der Waals surface area contributed by atoms with Gasteiger partial charge in [0.2, 0.25) is 5.79 Å². The van der Waals surface area contributed by atoms with Crippen molar-refractivity contribution in [2.75, 3.05) is 26.9 Å². The summed E-state index contributed by atoms with van der Waals surface area (Å²) in [4.78, 5) is 0. The predicted molar refractivity (Wildman–Crippen MR) is 117 cm³/mol. The first kappa shape index (κ1) is 24.9. The second-order valence-electron chi connectivity index (χ2n) is 7.79. The SMILES string of the molecule is CCOc1ccc(Cc2cc(C3(OC)OC(CO)(CO)C(O)C(O)C3O)ccc2Cl)cc1. The van der Waals surface area contributed by atoms with E-state index < -0.39 is 42.9 Å². The van der Waals surface area contributed by atoms with E-state index in [-0.39, 0.29) is 0 Å². The van der Waals surface area contributed by atoms with Crippen LogP contribution in [0.2, 0.25) is 5.02 Å². The molecule has 176 valence electrons. The van der Waals surface area contributed by atoms with Gasteiger partial charge in [-0.2, -0.15) is 0 Å². The summed E-state index contributed by atoms with van der Waals surface area (Å²) in [6, 6.07) is 12.4. The van der Waals surface area contributed by atoms with Crippen LogP contribution in [0.5, 0.6) is 5.75 Å². The van der Waals surface area contributed by atoms with Crippen molar-refractivity contribution in [2.24, 2.45) is 0 Å². The molecule has 32 heavy (non-hydrogen) atoms. The second kappa shape index (κ2) is 10.0. The third-order valence-electron chi connectivity index (χ3n) is 5.85. The van der Waals surface area contributed by atoms with E-state index in [1.807, 2.05) is 31.2 Å². The van der Waals surface area contributed by atoms with Crippen molar-refractivity contribution in [1.82, 2.24) is 0 Å². The van der Waals surface area contributed by atoms with E-state index in [9.17, 15) is 25.5 Å². The van der Waals surface area contributed by atoms with E-state index in [4.69, 9.17) is 25.8 Å². The van der Waals surface area contributed by atoms with Gasteiger partial charge >= 0.3 is 0 Å². The molecule has 0 aliphatic carbocycles. The summed E-state index contributed by atoms with van der Waals surface area (Å²) in [5, 5.41) is 51.7. The summed E-state index contributed by atoms with van der Waals surface area (Å²) in [7, 11) is 1.26. The number of ether oxygens (including phenoxy) is 3. The Balaban J connectivity index is 2.00. The molecule has 1 fully saturated rings. The highest BCUT2D eigenvalue weighted by molar-refractivity contribution is 6.31. The standard InChI is InChI=1S/C23H29ClO8/c1-3-31-17-7-4-14(5-8-17)10-15-11-16(6-9-18(15)24)23(30-2)21(29)19(27)20(28)22(12-25,13-26)32-23/h4-9,11,19-21,25-29H,3,10,12-13H2,1-2H3. The number of methoxy groups -OCH3 is 1. The van der Waals surface area contributed by atoms with Gasteiger partial charge in [-0.15, -0.1) is 0 Å². The van der Waals surface area contributed by atoms with Crippen LogP contribution in [0.1, 0.15) is 23.6 Å². The molecular formula is C23H29ClO8. The fourth-order valence-corrected chi connectivity index (χ4v) is 4.14. The molecule has 0 saturated carbocycles. The lowest BCUT2D eigenvalue weighted by atomic mass is 9.81. The van der Waals surface area contributed by atoms with E-state index in [0.717, 1.165) is 11.3 Å². The zero-order valence-electron chi connectivity index (χ0n) is 17.9. The van der Waals surface area contributed by atoms with Gasteiger partial charge in [-0.3, -0.25) is 0 Å². The summed E-state index contributed by atoms with van der Waals surface area (Å²) in [5.41, 5.74) is -0.00163. The minimum absolute atomic E-state index is 0.301. The molecule has 0 amide bonds. The Morgan fingerprint density at radius 3 is 2.22 bits per heavy atom.